The van der Waals surface area contributed by atoms with Crippen molar-refractivity contribution in [1.82, 2.24) is 4.90 Å². The van der Waals surface area contributed by atoms with Crippen molar-refractivity contribution in [2.75, 3.05) is 13.2 Å². The van der Waals surface area contributed by atoms with Gasteiger partial charge in [0.1, 0.15) is 5.58 Å². The molecule has 1 fully saturated rings. The largest absolute Gasteiger partial charge is 0.503 e. The monoisotopic (exact) mass is 487 g/mol. The van der Waals surface area contributed by atoms with E-state index in [1.165, 1.54) is 0 Å². The van der Waals surface area contributed by atoms with Crippen LogP contribution in [-0.2, 0) is 9.53 Å². The third-order valence-electron chi connectivity index (χ3n) is 6.79. The Balaban J connectivity index is 1.49. The number of aliphatic hydroxyl groups is 1. The first-order chi connectivity index (χ1) is 17.0. The van der Waals surface area contributed by atoms with Gasteiger partial charge in [-0.25, -0.2) is 0 Å². The zero-order valence-electron chi connectivity index (χ0n) is 18.7. The number of hydrogen-bond acceptors (Lipinski definition) is 5. The lowest BCUT2D eigenvalue weighted by molar-refractivity contribution is -0.131. The van der Waals surface area contributed by atoms with Crippen LogP contribution < -0.4 is 0 Å². The molecule has 35 heavy (non-hydrogen) atoms. The maximum absolute atomic E-state index is 13.8. The highest BCUT2D eigenvalue weighted by Crippen LogP contribution is 2.42. The van der Waals surface area contributed by atoms with E-state index in [-0.39, 0.29) is 24.0 Å². The average molecular weight is 488 g/mol. The minimum Gasteiger partial charge on any atom is -0.503 e. The summed E-state index contributed by atoms with van der Waals surface area (Å²) in [5.74, 6) is -1.62. The summed E-state index contributed by atoms with van der Waals surface area (Å²) in [6, 6.07) is 19.5. The fourth-order valence-corrected chi connectivity index (χ4v) is 5.33. The van der Waals surface area contributed by atoms with Gasteiger partial charge in [-0.15, -0.1) is 0 Å². The van der Waals surface area contributed by atoms with Gasteiger partial charge in [-0.1, -0.05) is 54.1 Å². The average Bonchev–Trinajstić information content (AvgIpc) is 3.59. The molecule has 0 spiro atoms. The molecule has 7 heteroatoms. The Labute approximate surface area is 206 Å². The third-order valence-corrected chi connectivity index (χ3v) is 7.03. The Morgan fingerprint density at radius 3 is 2.71 bits per heavy atom. The first kappa shape index (κ1) is 21.9. The zero-order chi connectivity index (χ0) is 24.1. The number of rotatable bonds is 5. The standard InChI is InChI=1S/C28H22ClNO5/c29-18-10-11-22-17(13-18)14-23(35-22)26(31)24-25(21-9-3-6-16-5-1-2-8-20(16)21)30(28(33)27(24)32)15-19-7-4-12-34-19/h1-3,5-6,8-11,13-14,19,25,32H,4,7,12,15H2. The van der Waals surface area contributed by atoms with Crippen LogP contribution in [0.25, 0.3) is 21.7 Å². The lowest BCUT2D eigenvalue weighted by atomic mass is 9.91. The molecular formula is C28H22ClNO5. The van der Waals surface area contributed by atoms with Gasteiger partial charge in [0.15, 0.2) is 11.5 Å². The van der Waals surface area contributed by atoms with Crippen molar-refractivity contribution in [1.29, 1.82) is 0 Å². The van der Waals surface area contributed by atoms with E-state index >= 15 is 0 Å². The summed E-state index contributed by atoms with van der Waals surface area (Å²) in [6.07, 6.45) is 1.59. The molecule has 3 aromatic carbocycles. The number of aliphatic hydroxyl groups excluding tert-OH is 1. The molecule has 2 aliphatic rings. The van der Waals surface area contributed by atoms with Crippen molar-refractivity contribution in [2.24, 2.45) is 0 Å². The number of fused-ring (bicyclic) bond motifs is 2. The van der Waals surface area contributed by atoms with Gasteiger partial charge in [0, 0.05) is 23.6 Å². The third kappa shape index (κ3) is 3.70. The number of furan rings is 1. The van der Waals surface area contributed by atoms with Crippen molar-refractivity contribution in [2.45, 2.75) is 25.0 Å². The molecule has 1 saturated heterocycles. The van der Waals surface area contributed by atoms with Crippen LogP contribution in [0.5, 0.6) is 0 Å². The number of nitrogens with zero attached hydrogens (tertiary/aromatic N) is 1. The lowest BCUT2D eigenvalue weighted by Gasteiger charge is -2.29. The first-order valence-electron chi connectivity index (χ1n) is 11.6. The molecule has 6 nitrogen and oxygen atoms in total. The number of carbonyl (C=O) groups excluding carboxylic acids is 2. The van der Waals surface area contributed by atoms with E-state index in [0.717, 1.165) is 29.2 Å². The van der Waals surface area contributed by atoms with Crippen molar-refractivity contribution in [3.63, 3.8) is 0 Å². The summed E-state index contributed by atoms with van der Waals surface area (Å²) in [5, 5.41) is 14.1. The van der Waals surface area contributed by atoms with Crippen LogP contribution in [0.1, 0.15) is 35.0 Å². The molecule has 2 atom stereocenters. The maximum atomic E-state index is 13.8. The van der Waals surface area contributed by atoms with Crippen molar-refractivity contribution in [3.05, 3.63) is 94.4 Å². The molecule has 1 aromatic heterocycles. The van der Waals surface area contributed by atoms with Gasteiger partial charge >= 0.3 is 0 Å². The molecule has 3 heterocycles. The summed E-state index contributed by atoms with van der Waals surface area (Å²) in [6.45, 7) is 0.918. The van der Waals surface area contributed by atoms with Gasteiger partial charge in [0.25, 0.3) is 5.91 Å². The van der Waals surface area contributed by atoms with E-state index in [2.05, 4.69) is 0 Å². The Morgan fingerprint density at radius 1 is 1.06 bits per heavy atom. The van der Waals surface area contributed by atoms with Gasteiger partial charge in [0.05, 0.1) is 17.7 Å². The molecule has 2 unspecified atom stereocenters. The number of hydrogen-bond donors (Lipinski definition) is 1. The fraction of sp³-hybridized carbons (Fsp3) is 0.214. The minimum absolute atomic E-state index is 0.00880. The van der Waals surface area contributed by atoms with Gasteiger partial charge in [-0.3, -0.25) is 9.59 Å². The highest BCUT2D eigenvalue weighted by molar-refractivity contribution is 6.31. The second kappa shape index (κ2) is 8.56. The van der Waals surface area contributed by atoms with E-state index in [9.17, 15) is 14.7 Å². The molecule has 0 radical (unpaired) electrons. The van der Waals surface area contributed by atoms with Crippen LogP contribution in [0.15, 0.2) is 82.5 Å². The summed E-state index contributed by atoms with van der Waals surface area (Å²) in [7, 11) is 0. The van der Waals surface area contributed by atoms with Crippen molar-refractivity contribution < 1.29 is 23.8 Å². The second-order valence-electron chi connectivity index (χ2n) is 8.95. The predicted molar refractivity (Wildman–Crippen MR) is 133 cm³/mol. The van der Waals surface area contributed by atoms with Crippen LogP contribution in [0.2, 0.25) is 5.02 Å². The summed E-state index contributed by atoms with van der Waals surface area (Å²) in [5.41, 5.74) is 1.27. The number of ketones is 1. The van der Waals surface area contributed by atoms with E-state index in [1.807, 2.05) is 42.5 Å². The molecular weight excluding hydrogens is 466 g/mol. The van der Waals surface area contributed by atoms with Crippen LogP contribution in [0.4, 0.5) is 0 Å². The SMILES string of the molecule is O=C(C1=C(O)C(=O)N(CC2CCCO2)C1c1cccc2ccccc12)c1cc2cc(Cl)ccc2o1. The molecule has 176 valence electrons. The Morgan fingerprint density at radius 2 is 1.89 bits per heavy atom. The van der Waals surface area contributed by atoms with E-state index in [0.29, 0.717) is 22.6 Å². The Kier molecular flexibility index (Phi) is 5.35. The van der Waals surface area contributed by atoms with Crippen LogP contribution in [-0.4, -0.2) is 41.0 Å². The molecule has 0 aliphatic carbocycles. The molecule has 4 aromatic rings. The van der Waals surface area contributed by atoms with Crippen molar-refractivity contribution in [3.8, 4) is 0 Å². The van der Waals surface area contributed by atoms with Crippen molar-refractivity contribution >= 4 is 45.0 Å². The van der Waals surface area contributed by atoms with Gasteiger partial charge in [-0.05, 0) is 53.4 Å². The normalized spacial score (nSPS) is 20.5. The van der Waals surface area contributed by atoms with Gasteiger partial charge in [0.2, 0.25) is 5.78 Å². The minimum atomic E-state index is -0.776. The number of carbonyl (C=O) groups is 2. The molecule has 0 saturated carbocycles. The van der Waals surface area contributed by atoms with Gasteiger partial charge in [-0.2, -0.15) is 0 Å². The zero-order valence-corrected chi connectivity index (χ0v) is 19.5. The van der Waals surface area contributed by atoms with E-state index < -0.39 is 23.5 Å². The summed E-state index contributed by atoms with van der Waals surface area (Å²) in [4.78, 5) is 28.7. The number of ether oxygens (including phenoxy) is 1. The van der Waals surface area contributed by atoms with Crippen LogP contribution >= 0.6 is 11.6 Å². The highest BCUT2D eigenvalue weighted by atomic mass is 35.5. The number of amides is 1. The lowest BCUT2D eigenvalue weighted by Crippen LogP contribution is -2.37. The van der Waals surface area contributed by atoms with E-state index in [1.54, 1.807) is 29.2 Å². The molecule has 1 amide bonds. The maximum Gasteiger partial charge on any atom is 0.290 e. The Hall–Kier alpha value is -3.61. The molecule has 6 rings (SSSR count). The molecule has 1 N–H and O–H groups in total. The first-order valence-corrected chi connectivity index (χ1v) is 12.0. The predicted octanol–water partition coefficient (Wildman–Crippen LogP) is 6.00. The molecule has 0 bridgehead atoms. The number of halogens is 1. The topological polar surface area (TPSA) is 80.0 Å². The quantitative estimate of drug-likeness (QED) is 0.349. The highest BCUT2D eigenvalue weighted by Gasteiger charge is 2.46. The second-order valence-corrected chi connectivity index (χ2v) is 9.38. The van der Waals surface area contributed by atoms with Crippen LogP contribution in [0.3, 0.4) is 0 Å². The number of benzene rings is 3. The smallest absolute Gasteiger partial charge is 0.290 e. The summed E-state index contributed by atoms with van der Waals surface area (Å²) >= 11 is 6.10. The van der Waals surface area contributed by atoms with E-state index in [4.69, 9.17) is 20.8 Å². The molecule has 2 aliphatic heterocycles. The van der Waals surface area contributed by atoms with Crippen LogP contribution in [0, 0.1) is 0 Å². The summed E-state index contributed by atoms with van der Waals surface area (Å²) < 4.78 is 11.6. The number of Topliss-reactive ketones (excluding diaryl/α,β-unsaturated/α-hetero) is 1. The van der Waals surface area contributed by atoms with Gasteiger partial charge < -0.3 is 19.2 Å². The fourth-order valence-electron chi connectivity index (χ4n) is 5.15. The Bertz CT molecular complexity index is 1510.